The van der Waals surface area contributed by atoms with E-state index in [-0.39, 0.29) is 17.9 Å². The first-order valence-electron chi connectivity index (χ1n) is 7.56. The van der Waals surface area contributed by atoms with Crippen LogP contribution in [0.25, 0.3) is 0 Å². The van der Waals surface area contributed by atoms with Gasteiger partial charge in [0, 0.05) is 23.9 Å². The second-order valence-corrected chi connectivity index (χ2v) is 5.89. The lowest BCUT2D eigenvalue weighted by atomic mass is 9.87. The summed E-state index contributed by atoms with van der Waals surface area (Å²) in [6, 6.07) is 8.80. The lowest BCUT2D eigenvalue weighted by Gasteiger charge is -2.24. The topological polar surface area (TPSA) is 46.9 Å². The van der Waals surface area contributed by atoms with Gasteiger partial charge in [0.15, 0.2) is 0 Å². The van der Waals surface area contributed by atoms with Crippen molar-refractivity contribution in [2.24, 2.45) is 0 Å². The molecule has 0 saturated heterocycles. The van der Waals surface area contributed by atoms with Gasteiger partial charge in [0.05, 0.1) is 6.20 Å². The highest BCUT2D eigenvalue weighted by atomic mass is 16.1. The third-order valence-corrected chi connectivity index (χ3v) is 4.13. The van der Waals surface area contributed by atoms with Crippen LogP contribution >= 0.6 is 0 Å². The minimum absolute atomic E-state index is 0.0643. The number of carbonyl (C=O) groups is 1. The molecule has 0 spiro atoms. The molecule has 1 aromatic heterocycles. The van der Waals surface area contributed by atoms with E-state index in [9.17, 15) is 4.79 Å². The van der Waals surface area contributed by atoms with Gasteiger partial charge >= 0.3 is 0 Å². The van der Waals surface area contributed by atoms with Gasteiger partial charge in [-0.05, 0) is 31.4 Å². The predicted octanol–water partition coefficient (Wildman–Crippen LogP) is 3.50. The number of carbonyl (C=O) groups excluding carboxylic acids is 1. The summed E-state index contributed by atoms with van der Waals surface area (Å²) in [6.45, 7) is 6.28. The molecule has 1 amide bonds. The third kappa shape index (κ3) is 2.46. The highest BCUT2D eigenvalue weighted by Gasteiger charge is 2.30. The number of hydrogen-bond donors (Lipinski definition) is 1. The van der Waals surface area contributed by atoms with E-state index < -0.39 is 0 Å². The average molecular weight is 283 g/mol. The summed E-state index contributed by atoms with van der Waals surface area (Å²) in [5, 5.41) is 7.42. The molecule has 0 saturated carbocycles. The number of amides is 1. The molecule has 21 heavy (non-hydrogen) atoms. The van der Waals surface area contributed by atoms with Crippen molar-refractivity contribution in [1.82, 2.24) is 9.78 Å². The zero-order valence-electron chi connectivity index (χ0n) is 12.8. The van der Waals surface area contributed by atoms with E-state index in [1.807, 2.05) is 10.9 Å². The molecule has 3 rings (SSSR count). The SMILES string of the molecule is CCc1ccc(C2CC(=O)Nc3c2cnn3C(C)C)cc1. The summed E-state index contributed by atoms with van der Waals surface area (Å²) in [4.78, 5) is 12.1. The van der Waals surface area contributed by atoms with Crippen molar-refractivity contribution in [3.8, 4) is 0 Å². The van der Waals surface area contributed by atoms with Crippen molar-refractivity contribution >= 4 is 11.7 Å². The minimum atomic E-state index is 0.0643. The largest absolute Gasteiger partial charge is 0.311 e. The lowest BCUT2D eigenvalue weighted by Crippen LogP contribution is -2.25. The van der Waals surface area contributed by atoms with Crippen LogP contribution in [-0.2, 0) is 11.2 Å². The van der Waals surface area contributed by atoms with Crippen molar-refractivity contribution in [3.63, 3.8) is 0 Å². The maximum absolute atomic E-state index is 12.1. The Labute approximate surface area is 125 Å². The monoisotopic (exact) mass is 283 g/mol. The molecule has 1 atom stereocenters. The summed E-state index contributed by atoms with van der Waals surface area (Å²) in [5.41, 5.74) is 3.62. The Morgan fingerprint density at radius 3 is 2.67 bits per heavy atom. The van der Waals surface area contributed by atoms with E-state index in [0.29, 0.717) is 6.42 Å². The van der Waals surface area contributed by atoms with Gasteiger partial charge in [0.1, 0.15) is 5.82 Å². The summed E-state index contributed by atoms with van der Waals surface area (Å²) in [5.74, 6) is 1.02. The van der Waals surface area contributed by atoms with Crippen LogP contribution in [0.3, 0.4) is 0 Å². The Balaban J connectivity index is 2.02. The maximum Gasteiger partial charge on any atom is 0.226 e. The van der Waals surface area contributed by atoms with Gasteiger partial charge in [-0.25, -0.2) is 4.68 Å². The Kier molecular flexibility index (Phi) is 3.53. The molecule has 2 aromatic rings. The van der Waals surface area contributed by atoms with Crippen molar-refractivity contribution in [1.29, 1.82) is 0 Å². The van der Waals surface area contributed by atoms with Gasteiger partial charge in [0.25, 0.3) is 0 Å². The molecule has 110 valence electrons. The molecule has 1 unspecified atom stereocenters. The number of fused-ring (bicyclic) bond motifs is 1. The smallest absolute Gasteiger partial charge is 0.226 e. The number of aromatic nitrogens is 2. The molecule has 0 aliphatic carbocycles. The van der Waals surface area contributed by atoms with E-state index >= 15 is 0 Å². The normalized spacial score (nSPS) is 17.7. The van der Waals surface area contributed by atoms with Crippen LogP contribution in [0.5, 0.6) is 0 Å². The molecular formula is C17H21N3O. The number of aryl methyl sites for hydroxylation is 1. The Morgan fingerprint density at radius 2 is 2.05 bits per heavy atom. The van der Waals surface area contributed by atoms with Crippen LogP contribution in [0.15, 0.2) is 30.5 Å². The number of rotatable bonds is 3. The zero-order chi connectivity index (χ0) is 15.0. The van der Waals surface area contributed by atoms with Gasteiger partial charge < -0.3 is 5.32 Å². The van der Waals surface area contributed by atoms with Gasteiger partial charge in [-0.15, -0.1) is 0 Å². The molecule has 1 aromatic carbocycles. The minimum Gasteiger partial charge on any atom is -0.311 e. The summed E-state index contributed by atoms with van der Waals surface area (Å²) in [6.07, 6.45) is 3.41. The quantitative estimate of drug-likeness (QED) is 0.937. The molecule has 0 bridgehead atoms. The molecule has 0 fully saturated rings. The van der Waals surface area contributed by atoms with Gasteiger partial charge in [0.2, 0.25) is 5.91 Å². The summed E-state index contributed by atoms with van der Waals surface area (Å²) >= 11 is 0. The van der Waals surface area contributed by atoms with Crippen LogP contribution in [0.4, 0.5) is 5.82 Å². The first-order chi connectivity index (χ1) is 10.1. The third-order valence-electron chi connectivity index (χ3n) is 4.13. The van der Waals surface area contributed by atoms with E-state index in [0.717, 1.165) is 17.8 Å². The van der Waals surface area contributed by atoms with Gasteiger partial charge in [-0.2, -0.15) is 5.10 Å². The fraction of sp³-hybridized carbons (Fsp3) is 0.412. The first-order valence-corrected chi connectivity index (χ1v) is 7.56. The molecule has 0 radical (unpaired) electrons. The molecule has 4 nitrogen and oxygen atoms in total. The fourth-order valence-corrected chi connectivity index (χ4v) is 2.91. The second-order valence-electron chi connectivity index (χ2n) is 5.89. The summed E-state index contributed by atoms with van der Waals surface area (Å²) in [7, 11) is 0. The standard InChI is InChI=1S/C17H21N3O/c1-4-12-5-7-13(8-6-12)14-9-16(21)19-17-15(14)10-18-20(17)11(2)3/h5-8,10-11,14H,4,9H2,1-3H3,(H,19,21). The molecule has 4 heteroatoms. The highest BCUT2D eigenvalue weighted by Crippen LogP contribution is 2.37. The molecule has 1 aliphatic rings. The Hall–Kier alpha value is -2.10. The van der Waals surface area contributed by atoms with Crippen molar-refractivity contribution in [3.05, 3.63) is 47.2 Å². The van der Waals surface area contributed by atoms with E-state index in [1.54, 1.807) is 0 Å². The van der Waals surface area contributed by atoms with Gasteiger partial charge in [-0.1, -0.05) is 31.2 Å². The summed E-state index contributed by atoms with van der Waals surface area (Å²) < 4.78 is 1.89. The first kappa shape index (κ1) is 13.9. The number of benzene rings is 1. The van der Waals surface area contributed by atoms with Crippen LogP contribution < -0.4 is 5.32 Å². The maximum atomic E-state index is 12.1. The van der Waals surface area contributed by atoms with Gasteiger partial charge in [-0.3, -0.25) is 4.79 Å². The van der Waals surface area contributed by atoms with Crippen LogP contribution in [0, 0.1) is 0 Å². The van der Waals surface area contributed by atoms with Crippen molar-refractivity contribution in [2.45, 2.75) is 45.6 Å². The van der Waals surface area contributed by atoms with Crippen molar-refractivity contribution < 1.29 is 4.79 Å². The number of nitrogens with one attached hydrogen (secondary N) is 1. The Morgan fingerprint density at radius 1 is 1.33 bits per heavy atom. The van der Waals surface area contributed by atoms with E-state index in [1.165, 1.54) is 11.1 Å². The van der Waals surface area contributed by atoms with E-state index in [2.05, 4.69) is 55.5 Å². The lowest BCUT2D eigenvalue weighted by molar-refractivity contribution is -0.116. The Bertz CT molecular complexity index is 655. The highest BCUT2D eigenvalue weighted by molar-refractivity contribution is 5.94. The van der Waals surface area contributed by atoms with E-state index in [4.69, 9.17) is 0 Å². The predicted molar refractivity (Wildman–Crippen MR) is 83.5 cm³/mol. The molecule has 2 heterocycles. The molecular weight excluding hydrogens is 262 g/mol. The van der Waals surface area contributed by atoms with Crippen LogP contribution in [-0.4, -0.2) is 15.7 Å². The van der Waals surface area contributed by atoms with Crippen LogP contribution in [0.2, 0.25) is 0 Å². The average Bonchev–Trinajstić information content (AvgIpc) is 2.90. The molecule has 1 N–H and O–H groups in total. The number of hydrogen-bond acceptors (Lipinski definition) is 2. The van der Waals surface area contributed by atoms with Crippen LogP contribution in [0.1, 0.15) is 55.8 Å². The number of anilines is 1. The fourth-order valence-electron chi connectivity index (χ4n) is 2.91. The zero-order valence-corrected chi connectivity index (χ0v) is 12.8. The molecule has 1 aliphatic heterocycles. The number of nitrogens with zero attached hydrogens (tertiary/aromatic N) is 2. The second kappa shape index (κ2) is 5.35. The van der Waals surface area contributed by atoms with Crippen molar-refractivity contribution in [2.75, 3.05) is 5.32 Å².